The number of aromatic nitrogens is 1. The first-order valence-electron chi connectivity index (χ1n) is 2.16. The van der Waals surface area contributed by atoms with Gasteiger partial charge in [-0.25, -0.2) is 0 Å². The maximum absolute atomic E-state index is 5.56. The Kier molecular flexibility index (Phi) is 1.93. The summed E-state index contributed by atoms with van der Waals surface area (Å²) in [6.07, 6.45) is 1.65. The molecule has 42 valence electrons. The number of hydrogen-bond donors (Lipinski definition) is 0. The fraction of sp³-hybridized carbons (Fsp3) is 0. The number of nitrogens with zero attached hydrogens (tertiary/aromatic N) is 1. The Labute approximate surface area is 61.6 Å². The van der Waals surface area contributed by atoms with Crippen LogP contribution in [0.5, 0.6) is 0 Å². The normalized spacial score (nSPS) is 9.25. The molecule has 0 spiro atoms. The molecule has 0 bridgehead atoms. The molecule has 0 aliphatic heterocycles. The first-order chi connectivity index (χ1) is 3.79. The zero-order valence-corrected chi connectivity index (χ0v) is 7.31. The van der Waals surface area contributed by atoms with Crippen molar-refractivity contribution in [1.82, 2.24) is 4.98 Å². The van der Waals surface area contributed by atoms with Crippen molar-refractivity contribution in [3.05, 3.63) is 23.4 Å². The molecule has 0 fully saturated rings. The van der Waals surface area contributed by atoms with Crippen LogP contribution in [-0.2, 0) is 0 Å². The summed E-state index contributed by atoms with van der Waals surface area (Å²) >= 11 is 7.07. The molecule has 1 nitrogen and oxygen atoms in total. The van der Waals surface area contributed by atoms with Gasteiger partial charge in [0.2, 0.25) is 0 Å². The van der Waals surface area contributed by atoms with Crippen molar-refractivity contribution in [2.75, 3.05) is 0 Å². The summed E-state index contributed by atoms with van der Waals surface area (Å²) in [5, 5.41) is 0.700. The second kappa shape index (κ2) is 2.52. The van der Waals surface area contributed by atoms with Gasteiger partial charge in [-0.1, -0.05) is 0 Å². The quantitative estimate of drug-likeness (QED) is 0.524. The molecule has 0 aliphatic carbocycles. The summed E-state index contributed by atoms with van der Waals surface area (Å²) in [5.41, 5.74) is 0. The van der Waals surface area contributed by atoms with Gasteiger partial charge >= 0.3 is 61.3 Å². The first-order valence-corrected chi connectivity index (χ1v) is 3.75. The van der Waals surface area contributed by atoms with Crippen LogP contribution in [0, 0.1) is 0 Å². The van der Waals surface area contributed by atoms with Crippen LogP contribution in [0.3, 0.4) is 0 Å². The van der Waals surface area contributed by atoms with Gasteiger partial charge in [0, 0.05) is 0 Å². The maximum atomic E-state index is 5.56. The molecule has 1 atom stereocenters. The molecule has 0 N–H and O–H groups in total. The molecule has 0 radical (unpaired) electrons. The predicted molar refractivity (Wildman–Crippen MR) is 37.4 cm³/mol. The SMILES string of the molecule is Clc1ccc([AsH2])nc1. The molecule has 0 aromatic carbocycles. The van der Waals surface area contributed by atoms with Gasteiger partial charge in [0.15, 0.2) is 0 Å². The third-order valence-corrected chi connectivity index (χ3v) is 1.69. The van der Waals surface area contributed by atoms with Gasteiger partial charge in [-0.05, 0) is 0 Å². The van der Waals surface area contributed by atoms with Crippen LogP contribution < -0.4 is 4.48 Å². The standard InChI is InChI=1S/C5H5AsClN/c6-5-2-1-4(7)3-8-5/h1-3H,6H2. The van der Waals surface area contributed by atoms with E-state index in [1.807, 2.05) is 12.1 Å². The number of rotatable bonds is 0. The number of halogens is 1. The van der Waals surface area contributed by atoms with E-state index in [4.69, 9.17) is 11.6 Å². The van der Waals surface area contributed by atoms with Crippen LogP contribution in [0.1, 0.15) is 0 Å². The second-order valence-corrected chi connectivity index (χ2v) is 3.08. The van der Waals surface area contributed by atoms with Crippen LogP contribution in [0.25, 0.3) is 0 Å². The third kappa shape index (κ3) is 1.50. The van der Waals surface area contributed by atoms with E-state index in [2.05, 4.69) is 4.98 Å². The van der Waals surface area contributed by atoms with Gasteiger partial charge in [0.05, 0.1) is 0 Å². The van der Waals surface area contributed by atoms with E-state index in [0.717, 1.165) is 4.48 Å². The Morgan fingerprint density at radius 1 is 1.50 bits per heavy atom. The molecule has 1 aromatic heterocycles. The molecule has 1 rings (SSSR count). The van der Waals surface area contributed by atoms with Gasteiger partial charge < -0.3 is 0 Å². The number of hydrogen-bond acceptors (Lipinski definition) is 1. The van der Waals surface area contributed by atoms with E-state index < -0.39 is 0 Å². The van der Waals surface area contributed by atoms with Gasteiger partial charge in [-0.2, -0.15) is 0 Å². The van der Waals surface area contributed by atoms with E-state index in [-0.39, 0.29) is 0 Å². The Morgan fingerprint density at radius 2 is 2.25 bits per heavy atom. The molecular formula is C5H5AsClN. The van der Waals surface area contributed by atoms with Crippen LogP contribution in [0.15, 0.2) is 18.3 Å². The summed E-state index contributed by atoms with van der Waals surface area (Å²) in [6.45, 7) is 0. The second-order valence-electron chi connectivity index (χ2n) is 1.40. The average molecular weight is 189 g/mol. The Bertz CT molecular complexity index is 151. The molecule has 0 aliphatic rings. The van der Waals surface area contributed by atoms with Crippen molar-refractivity contribution >= 4 is 32.9 Å². The zero-order valence-electron chi connectivity index (χ0n) is 4.13. The van der Waals surface area contributed by atoms with E-state index in [0.29, 0.717) is 5.02 Å². The summed E-state index contributed by atoms with van der Waals surface area (Å²) in [5.74, 6) is 0. The van der Waals surface area contributed by atoms with E-state index in [1.54, 1.807) is 6.20 Å². The van der Waals surface area contributed by atoms with Crippen molar-refractivity contribution in [2.24, 2.45) is 0 Å². The first kappa shape index (κ1) is 6.12. The van der Waals surface area contributed by atoms with Crippen molar-refractivity contribution in [3.8, 4) is 0 Å². The fourth-order valence-corrected chi connectivity index (χ4v) is 0.857. The zero-order chi connectivity index (χ0) is 5.98. The summed E-state index contributed by atoms with van der Waals surface area (Å²) in [4.78, 5) is 3.97. The van der Waals surface area contributed by atoms with Crippen molar-refractivity contribution in [3.63, 3.8) is 0 Å². The Balaban J connectivity index is 3.03. The Hall–Kier alpha value is -0.00156. The van der Waals surface area contributed by atoms with Crippen molar-refractivity contribution in [1.29, 1.82) is 0 Å². The molecular weight excluding hydrogens is 184 g/mol. The minimum atomic E-state index is 0.700. The van der Waals surface area contributed by atoms with Gasteiger partial charge in [-0.15, -0.1) is 0 Å². The number of pyridine rings is 1. The molecule has 8 heavy (non-hydrogen) atoms. The van der Waals surface area contributed by atoms with E-state index >= 15 is 0 Å². The summed E-state index contributed by atoms with van der Waals surface area (Å²) < 4.78 is 1.06. The summed E-state index contributed by atoms with van der Waals surface area (Å²) in [6, 6.07) is 3.74. The Morgan fingerprint density at radius 3 is 2.62 bits per heavy atom. The van der Waals surface area contributed by atoms with Crippen LogP contribution in [0.4, 0.5) is 0 Å². The fourth-order valence-electron chi connectivity index (χ4n) is 0.387. The van der Waals surface area contributed by atoms with Crippen molar-refractivity contribution < 1.29 is 0 Å². The molecule has 0 saturated carbocycles. The molecule has 1 heterocycles. The molecule has 1 aromatic rings. The molecule has 0 saturated heterocycles. The molecule has 0 amide bonds. The van der Waals surface area contributed by atoms with Gasteiger partial charge in [0.1, 0.15) is 0 Å². The van der Waals surface area contributed by atoms with Crippen molar-refractivity contribution in [2.45, 2.75) is 0 Å². The van der Waals surface area contributed by atoms with Gasteiger partial charge in [0.25, 0.3) is 0 Å². The van der Waals surface area contributed by atoms with Crippen LogP contribution in [-0.4, -0.2) is 21.8 Å². The third-order valence-electron chi connectivity index (χ3n) is 0.750. The van der Waals surface area contributed by atoms with Crippen LogP contribution >= 0.6 is 11.6 Å². The topological polar surface area (TPSA) is 12.9 Å². The monoisotopic (exact) mass is 189 g/mol. The molecule has 1 unspecified atom stereocenters. The minimum absolute atomic E-state index is 0.700. The average Bonchev–Trinajstić information content (AvgIpc) is 1.77. The molecule has 3 heteroatoms. The van der Waals surface area contributed by atoms with Crippen LogP contribution in [0.2, 0.25) is 5.02 Å². The van der Waals surface area contributed by atoms with E-state index in [9.17, 15) is 0 Å². The van der Waals surface area contributed by atoms with Gasteiger partial charge in [-0.3, -0.25) is 0 Å². The predicted octanol–water partition coefficient (Wildman–Crippen LogP) is -0.00660. The summed E-state index contributed by atoms with van der Waals surface area (Å²) in [7, 11) is 0. The van der Waals surface area contributed by atoms with E-state index in [1.165, 1.54) is 16.9 Å².